The van der Waals surface area contributed by atoms with Gasteiger partial charge in [0.05, 0.1) is 16.9 Å². The molecule has 0 fully saturated rings. The Morgan fingerprint density at radius 3 is 2.70 bits per heavy atom. The second-order valence-corrected chi connectivity index (χ2v) is 6.24. The van der Waals surface area contributed by atoms with Crippen molar-refractivity contribution in [3.05, 3.63) is 83.6 Å². The number of aryl methyl sites for hydroxylation is 1. The van der Waals surface area contributed by atoms with Crippen molar-refractivity contribution in [1.29, 1.82) is 0 Å². The van der Waals surface area contributed by atoms with E-state index in [1.165, 1.54) is 0 Å². The standard InChI is InChI=1S/C22H15N3O2/c1-15-17(22(24-27-15)16-7-3-2-4-8-16)11-12-18-20-13-26-21-10-6-5-9-19(21)25(20)14-23-18/h2-10,14H,13H2,1H3. The van der Waals surface area contributed by atoms with Crippen molar-refractivity contribution in [2.75, 3.05) is 0 Å². The fourth-order valence-electron chi connectivity index (χ4n) is 3.18. The highest BCUT2D eigenvalue weighted by Crippen LogP contribution is 2.30. The van der Waals surface area contributed by atoms with Crippen LogP contribution in [-0.4, -0.2) is 14.7 Å². The number of hydrogen-bond donors (Lipinski definition) is 0. The van der Waals surface area contributed by atoms with Crippen molar-refractivity contribution in [1.82, 2.24) is 14.7 Å². The maximum absolute atomic E-state index is 5.84. The lowest BCUT2D eigenvalue weighted by molar-refractivity contribution is 0.285. The first-order valence-corrected chi connectivity index (χ1v) is 8.63. The number of ether oxygens (including phenoxy) is 1. The number of rotatable bonds is 1. The van der Waals surface area contributed by atoms with Crippen LogP contribution in [0.3, 0.4) is 0 Å². The second-order valence-electron chi connectivity index (χ2n) is 6.24. The minimum absolute atomic E-state index is 0.440. The Hall–Kier alpha value is -3.78. The van der Waals surface area contributed by atoms with Gasteiger partial charge in [0.25, 0.3) is 0 Å². The average molecular weight is 353 g/mol. The van der Waals surface area contributed by atoms with Gasteiger partial charge in [-0.1, -0.05) is 53.5 Å². The van der Waals surface area contributed by atoms with Crippen LogP contribution in [0.1, 0.15) is 22.7 Å². The first-order chi connectivity index (χ1) is 13.3. The molecule has 1 aliphatic rings. The average Bonchev–Trinajstić information content (AvgIpc) is 3.30. The molecular weight excluding hydrogens is 338 g/mol. The molecule has 1 aliphatic heterocycles. The van der Waals surface area contributed by atoms with Crippen LogP contribution >= 0.6 is 0 Å². The molecule has 0 spiro atoms. The zero-order valence-electron chi connectivity index (χ0n) is 14.6. The minimum atomic E-state index is 0.440. The summed E-state index contributed by atoms with van der Waals surface area (Å²) in [5.74, 6) is 7.91. The summed E-state index contributed by atoms with van der Waals surface area (Å²) in [4.78, 5) is 4.49. The molecule has 0 radical (unpaired) electrons. The number of benzene rings is 2. The van der Waals surface area contributed by atoms with Gasteiger partial charge in [0, 0.05) is 5.56 Å². The largest absolute Gasteiger partial charge is 0.485 e. The van der Waals surface area contributed by atoms with E-state index in [0.29, 0.717) is 18.1 Å². The Bertz CT molecular complexity index is 1190. The van der Waals surface area contributed by atoms with Crippen molar-refractivity contribution < 1.29 is 9.26 Å². The Balaban J connectivity index is 1.56. The molecule has 2 aromatic heterocycles. The monoisotopic (exact) mass is 353 g/mol. The molecule has 130 valence electrons. The van der Waals surface area contributed by atoms with E-state index in [0.717, 1.165) is 34.0 Å². The Morgan fingerprint density at radius 2 is 1.81 bits per heavy atom. The molecule has 5 nitrogen and oxygen atoms in total. The van der Waals surface area contributed by atoms with Crippen LogP contribution in [0, 0.1) is 18.8 Å². The van der Waals surface area contributed by atoms with E-state index in [9.17, 15) is 0 Å². The second kappa shape index (κ2) is 6.19. The molecule has 0 bridgehead atoms. The predicted octanol–water partition coefficient (Wildman–Crippen LogP) is 4.13. The van der Waals surface area contributed by atoms with E-state index in [4.69, 9.17) is 9.26 Å². The molecule has 0 N–H and O–H groups in total. The number of hydrogen-bond acceptors (Lipinski definition) is 4. The zero-order valence-corrected chi connectivity index (χ0v) is 14.6. The van der Waals surface area contributed by atoms with Gasteiger partial charge >= 0.3 is 0 Å². The van der Waals surface area contributed by atoms with E-state index in [1.807, 2.05) is 66.1 Å². The molecule has 4 aromatic rings. The van der Waals surface area contributed by atoms with Gasteiger partial charge in [-0.15, -0.1) is 0 Å². The fraction of sp³-hybridized carbons (Fsp3) is 0.0909. The van der Waals surface area contributed by atoms with Crippen molar-refractivity contribution in [3.8, 4) is 34.5 Å². The fourth-order valence-corrected chi connectivity index (χ4v) is 3.18. The summed E-state index contributed by atoms with van der Waals surface area (Å²) in [6, 6.07) is 17.8. The van der Waals surface area contributed by atoms with E-state index in [2.05, 4.69) is 22.0 Å². The van der Waals surface area contributed by atoms with Gasteiger partial charge in [-0.2, -0.15) is 0 Å². The third-order valence-electron chi connectivity index (χ3n) is 4.57. The summed E-state index contributed by atoms with van der Waals surface area (Å²) in [7, 11) is 0. The maximum atomic E-state index is 5.84. The SMILES string of the molecule is Cc1onc(-c2ccccc2)c1C#Cc1ncn2c1COc1ccccc1-2. The number of fused-ring (bicyclic) bond motifs is 3. The molecule has 0 saturated carbocycles. The molecule has 2 aromatic carbocycles. The lowest BCUT2D eigenvalue weighted by atomic mass is 10.1. The van der Waals surface area contributed by atoms with Crippen LogP contribution in [-0.2, 0) is 6.61 Å². The van der Waals surface area contributed by atoms with Gasteiger partial charge in [0.15, 0.2) is 0 Å². The van der Waals surface area contributed by atoms with E-state index in [-0.39, 0.29) is 0 Å². The lowest BCUT2D eigenvalue weighted by Gasteiger charge is -2.19. The Morgan fingerprint density at radius 1 is 1.00 bits per heavy atom. The molecular formula is C22H15N3O2. The van der Waals surface area contributed by atoms with Gasteiger partial charge in [0.1, 0.15) is 35.8 Å². The summed E-state index contributed by atoms with van der Waals surface area (Å²) in [5.41, 5.74) is 5.12. The zero-order chi connectivity index (χ0) is 18.2. The molecule has 3 heterocycles. The number of imidazole rings is 1. The van der Waals surface area contributed by atoms with Crippen LogP contribution in [0.25, 0.3) is 16.9 Å². The first kappa shape index (κ1) is 15.5. The number of para-hydroxylation sites is 2. The quantitative estimate of drug-likeness (QED) is 0.483. The van der Waals surface area contributed by atoms with E-state index < -0.39 is 0 Å². The van der Waals surface area contributed by atoms with Crippen LogP contribution in [0.2, 0.25) is 0 Å². The van der Waals surface area contributed by atoms with Gasteiger partial charge in [0.2, 0.25) is 0 Å². The number of nitrogens with zero attached hydrogens (tertiary/aromatic N) is 3. The predicted molar refractivity (Wildman–Crippen MR) is 101 cm³/mol. The van der Waals surface area contributed by atoms with Crippen molar-refractivity contribution >= 4 is 0 Å². The molecule has 5 rings (SSSR count). The molecule has 27 heavy (non-hydrogen) atoms. The van der Waals surface area contributed by atoms with Crippen molar-refractivity contribution in [3.63, 3.8) is 0 Å². The Kier molecular flexibility index (Phi) is 3.54. The van der Waals surface area contributed by atoms with Gasteiger partial charge in [-0.3, -0.25) is 4.57 Å². The Labute approximate surface area is 156 Å². The summed E-state index contributed by atoms with van der Waals surface area (Å²) in [5, 5.41) is 4.18. The van der Waals surface area contributed by atoms with Crippen LogP contribution in [0.5, 0.6) is 5.75 Å². The van der Waals surface area contributed by atoms with Gasteiger partial charge in [-0.25, -0.2) is 4.98 Å². The molecule has 0 unspecified atom stereocenters. The summed E-state index contributed by atoms with van der Waals surface area (Å²) < 4.78 is 13.2. The van der Waals surface area contributed by atoms with Crippen molar-refractivity contribution in [2.45, 2.75) is 13.5 Å². The van der Waals surface area contributed by atoms with E-state index >= 15 is 0 Å². The topological polar surface area (TPSA) is 53.1 Å². The highest BCUT2D eigenvalue weighted by molar-refractivity contribution is 5.68. The molecule has 0 amide bonds. The molecule has 5 heteroatoms. The number of aromatic nitrogens is 3. The van der Waals surface area contributed by atoms with Crippen molar-refractivity contribution in [2.24, 2.45) is 0 Å². The summed E-state index contributed by atoms with van der Waals surface area (Å²) in [6.45, 7) is 2.31. The van der Waals surface area contributed by atoms with Crippen LogP contribution in [0.15, 0.2) is 65.4 Å². The summed E-state index contributed by atoms with van der Waals surface area (Å²) >= 11 is 0. The normalized spacial score (nSPS) is 11.7. The minimum Gasteiger partial charge on any atom is -0.485 e. The molecule has 0 aliphatic carbocycles. The smallest absolute Gasteiger partial charge is 0.149 e. The third kappa shape index (κ3) is 2.59. The highest BCUT2D eigenvalue weighted by atomic mass is 16.5. The van der Waals surface area contributed by atoms with E-state index in [1.54, 1.807) is 6.33 Å². The summed E-state index contributed by atoms with van der Waals surface area (Å²) in [6.07, 6.45) is 1.79. The third-order valence-corrected chi connectivity index (χ3v) is 4.57. The molecule has 0 saturated heterocycles. The van der Waals surface area contributed by atoms with Gasteiger partial charge < -0.3 is 9.26 Å². The maximum Gasteiger partial charge on any atom is 0.149 e. The first-order valence-electron chi connectivity index (χ1n) is 8.63. The van der Waals surface area contributed by atoms with Crippen LogP contribution in [0.4, 0.5) is 0 Å². The molecule has 0 atom stereocenters. The lowest BCUT2D eigenvalue weighted by Crippen LogP contribution is -2.12. The highest BCUT2D eigenvalue weighted by Gasteiger charge is 2.20. The van der Waals surface area contributed by atoms with Crippen LogP contribution < -0.4 is 4.74 Å². The van der Waals surface area contributed by atoms with Gasteiger partial charge in [-0.05, 0) is 25.0 Å².